The van der Waals surface area contributed by atoms with Crippen LogP contribution in [0.4, 0.5) is 5.69 Å². The van der Waals surface area contributed by atoms with Gasteiger partial charge in [-0.2, -0.15) is 0 Å². The van der Waals surface area contributed by atoms with Gasteiger partial charge in [-0.05, 0) is 44.0 Å². The lowest BCUT2D eigenvalue weighted by Gasteiger charge is -2.13. The Morgan fingerprint density at radius 3 is 2.70 bits per heavy atom. The number of carbonyl (C=O) groups excluding carboxylic acids is 1. The van der Waals surface area contributed by atoms with Crippen LogP contribution in [0.2, 0.25) is 0 Å². The van der Waals surface area contributed by atoms with E-state index in [4.69, 9.17) is 0 Å². The van der Waals surface area contributed by atoms with Gasteiger partial charge in [0, 0.05) is 16.3 Å². The van der Waals surface area contributed by atoms with Gasteiger partial charge in [-0.1, -0.05) is 31.0 Å². The number of anilines is 1. The topological polar surface area (TPSA) is 54.9 Å². The van der Waals surface area contributed by atoms with Crippen molar-refractivity contribution in [3.8, 4) is 10.7 Å². The molecule has 1 aliphatic carbocycles. The second-order valence-corrected chi connectivity index (χ2v) is 8.96. The van der Waals surface area contributed by atoms with Crippen molar-refractivity contribution in [3.63, 3.8) is 0 Å². The lowest BCUT2D eigenvalue weighted by molar-refractivity contribution is 0.102. The van der Waals surface area contributed by atoms with Crippen molar-refractivity contribution in [2.75, 3.05) is 5.32 Å². The van der Waals surface area contributed by atoms with Crippen LogP contribution in [0.3, 0.4) is 0 Å². The smallest absolute Gasteiger partial charge is 0.267 e. The number of thiazole rings is 1. The van der Waals surface area contributed by atoms with Gasteiger partial charge in [-0.3, -0.25) is 9.78 Å². The van der Waals surface area contributed by atoms with Crippen molar-refractivity contribution in [2.24, 2.45) is 0 Å². The molecule has 1 amide bonds. The van der Waals surface area contributed by atoms with E-state index in [1.807, 2.05) is 55.1 Å². The number of amides is 1. The molecular formula is C21H21N3OS2. The zero-order valence-corrected chi connectivity index (χ0v) is 16.8. The fraction of sp³-hybridized carbons (Fsp3) is 0.286. The molecule has 1 N–H and O–H groups in total. The number of thioether (sulfide) groups is 1. The van der Waals surface area contributed by atoms with E-state index in [9.17, 15) is 4.79 Å². The molecule has 6 heteroatoms. The Balaban J connectivity index is 1.54. The van der Waals surface area contributed by atoms with Crippen molar-refractivity contribution in [3.05, 3.63) is 59.2 Å². The fourth-order valence-corrected chi connectivity index (χ4v) is 5.51. The summed E-state index contributed by atoms with van der Waals surface area (Å²) in [5.74, 6) is -0.105. The van der Waals surface area contributed by atoms with Crippen LogP contribution in [-0.4, -0.2) is 21.1 Å². The number of rotatable bonds is 5. The number of carbonyl (C=O) groups is 1. The van der Waals surface area contributed by atoms with Gasteiger partial charge in [0.1, 0.15) is 9.88 Å². The van der Waals surface area contributed by atoms with Gasteiger partial charge < -0.3 is 5.32 Å². The molecule has 0 saturated heterocycles. The summed E-state index contributed by atoms with van der Waals surface area (Å²) >= 11 is 3.27. The summed E-state index contributed by atoms with van der Waals surface area (Å²) in [6, 6.07) is 13.8. The second kappa shape index (κ2) is 8.23. The van der Waals surface area contributed by atoms with Crippen molar-refractivity contribution in [1.82, 2.24) is 9.97 Å². The average molecular weight is 396 g/mol. The highest BCUT2D eigenvalue weighted by atomic mass is 32.2. The maximum atomic E-state index is 12.9. The van der Waals surface area contributed by atoms with E-state index >= 15 is 0 Å². The molecule has 0 radical (unpaired) electrons. The summed E-state index contributed by atoms with van der Waals surface area (Å²) in [4.78, 5) is 23.5. The molecule has 27 heavy (non-hydrogen) atoms. The first-order valence-electron chi connectivity index (χ1n) is 9.16. The minimum Gasteiger partial charge on any atom is -0.320 e. The predicted molar refractivity (Wildman–Crippen MR) is 113 cm³/mol. The first-order valence-corrected chi connectivity index (χ1v) is 10.9. The summed E-state index contributed by atoms with van der Waals surface area (Å²) in [5, 5.41) is 4.52. The molecule has 2 heterocycles. The number of aromatic nitrogens is 2. The molecule has 138 valence electrons. The molecular weight excluding hydrogens is 374 g/mol. The van der Waals surface area contributed by atoms with E-state index in [2.05, 4.69) is 21.4 Å². The van der Waals surface area contributed by atoms with Crippen LogP contribution < -0.4 is 5.32 Å². The number of benzene rings is 1. The van der Waals surface area contributed by atoms with Crippen molar-refractivity contribution < 1.29 is 4.79 Å². The summed E-state index contributed by atoms with van der Waals surface area (Å²) < 4.78 is 0. The Hall–Kier alpha value is -2.18. The van der Waals surface area contributed by atoms with Gasteiger partial charge in [-0.15, -0.1) is 23.1 Å². The van der Waals surface area contributed by atoms with Crippen LogP contribution in [0.25, 0.3) is 10.7 Å². The van der Waals surface area contributed by atoms with Crippen LogP contribution >= 0.6 is 23.1 Å². The SMILES string of the molecule is Cc1nc(-c2ccccn2)sc1C(=O)Nc1ccccc1SC1CCCC1. The minimum atomic E-state index is -0.105. The standard InChI is InChI=1S/C21H21N3OS2/c1-14-19(27-21(23-14)17-11-6-7-13-22-17)20(25)24-16-10-4-5-12-18(16)26-15-8-2-3-9-15/h4-7,10-13,15H,2-3,8-9H2,1H3,(H,24,25). The van der Waals surface area contributed by atoms with Gasteiger partial charge in [0.25, 0.3) is 5.91 Å². The van der Waals surface area contributed by atoms with Crippen LogP contribution in [0.15, 0.2) is 53.6 Å². The Bertz CT molecular complexity index is 934. The molecule has 0 aliphatic heterocycles. The highest BCUT2D eigenvalue weighted by Gasteiger charge is 2.20. The van der Waals surface area contributed by atoms with Gasteiger partial charge in [0.05, 0.1) is 17.1 Å². The number of para-hydroxylation sites is 1. The molecule has 0 spiro atoms. The molecule has 4 rings (SSSR count). The van der Waals surface area contributed by atoms with E-state index < -0.39 is 0 Å². The molecule has 0 atom stereocenters. The van der Waals surface area contributed by atoms with Gasteiger partial charge in [0.15, 0.2) is 0 Å². The van der Waals surface area contributed by atoms with E-state index in [0.29, 0.717) is 10.1 Å². The quantitative estimate of drug-likeness (QED) is 0.593. The Labute approximate surface area is 167 Å². The lowest BCUT2D eigenvalue weighted by atomic mass is 10.3. The van der Waals surface area contributed by atoms with Crippen LogP contribution in [0, 0.1) is 6.92 Å². The van der Waals surface area contributed by atoms with Crippen molar-refractivity contribution in [1.29, 1.82) is 0 Å². The van der Waals surface area contributed by atoms with Crippen molar-refractivity contribution in [2.45, 2.75) is 42.8 Å². The summed E-state index contributed by atoms with van der Waals surface area (Å²) in [7, 11) is 0. The van der Waals surface area contributed by atoms with E-state index in [0.717, 1.165) is 27.0 Å². The maximum absolute atomic E-state index is 12.9. The van der Waals surface area contributed by atoms with Crippen LogP contribution in [-0.2, 0) is 0 Å². The number of nitrogens with one attached hydrogen (secondary N) is 1. The molecule has 3 aromatic rings. The molecule has 1 fully saturated rings. The largest absolute Gasteiger partial charge is 0.320 e. The minimum absolute atomic E-state index is 0.105. The van der Waals surface area contributed by atoms with Gasteiger partial charge in [-0.25, -0.2) is 4.98 Å². The summed E-state index contributed by atoms with van der Waals surface area (Å²) in [6.07, 6.45) is 6.87. The zero-order valence-electron chi connectivity index (χ0n) is 15.1. The van der Waals surface area contributed by atoms with Gasteiger partial charge in [0.2, 0.25) is 0 Å². The van der Waals surface area contributed by atoms with Crippen LogP contribution in [0.1, 0.15) is 41.0 Å². The van der Waals surface area contributed by atoms with E-state index in [1.54, 1.807) is 6.20 Å². The van der Waals surface area contributed by atoms with E-state index in [-0.39, 0.29) is 5.91 Å². The van der Waals surface area contributed by atoms with E-state index in [1.165, 1.54) is 37.0 Å². The average Bonchev–Trinajstić information content (AvgIpc) is 3.34. The summed E-state index contributed by atoms with van der Waals surface area (Å²) in [6.45, 7) is 1.87. The Morgan fingerprint density at radius 1 is 1.15 bits per heavy atom. The number of nitrogens with zero attached hydrogens (tertiary/aromatic N) is 2. The Kier molecular flexibility index (Phi) is 5.55. The molecule has 1 aromatic carbocycles. The fourth-order valence-electron chi connectivity index (χ4n) is 3.24. The monoisotopic (exact) mass is 395 g/mol. The lowest BCUT2D eigenvalue weighted by Crippen LogP contribution is -2.12. The third-order valence-corrected chi connectivity index (χ3v) is 7.21. The highest BCUT2D eigenvalue weighted by Crippen LogP contribution is 2.38. The predicted octanol–water partition coefficient (Wildman–Crippen LogP) is 5.80. The number of aryl methyl sites for hydroxylation is 1. The first-order chi connectivity index (χ1) is 13.2. The molecule has 0 unspecified atom stereocenters. The van der Waals surface area contributed by atoms with Crippen molar-refractivity contribution >= 4 is 34.7 Å². The first kappa shape index (κ1) is 18.2. The molecule has 4 nitrogen and oxygen atoms in total. The normalized spacial score (nSPS) is 14.4. The van der Waals surface area contributed by atoms with Crippen LogP contribution in [0.5, 0.6) is 0 Å². The second-order valence-electron chi connectivity index (χ2n) is 6.62. The Morgan fingerprint density at radius 2 is 1.93 bits per heavy atom. The number of hydrogen-bond donors (Lipinski definition) is 1. The third kappa shape index (κ3) is 4.22. The number of hydrogen-bond acceptors (Lipinski definition) is 5. The number of pyridine rings is 1. The molecule has 0 bridgehead atoms. The molecule has 2 aromatic heterocycles. The third-order valence-electron chi connectivity index (χ3n) is 4.62. The maximum Gasteiger partial charge on any atom is 0.267 e. The van der Waals surface area contributed by atoms with Gasteiger partial charge >= 0.3 is 0 Å². The zero-order chi connectivity index (χ0) is 18.6. The summed E-state index contributed by atoms with van der Waals surface area (Å²) in [5.41, 5.74) is 2.41. The molecule has 1 saturated carbocycles. The highest BCUT2D eigenvalue weighted by molar-refractivity contribution is 8.00. The molecule has 1 aliphatic rings.